The van der Waals surface area contributed by atoms with E-state index in [1.54, 1.807) is 6.92 Å². The first-order valence-electron chi connectivity index (χ1n) is 7.52. The second-order valence-corrected chi connectivity index (χ2v) is 5.02. The zero-order valence-electron chi connectivity index (χ0n) is 13.8. The summed E-state index contributed by atoms with van der Waals surface area (Å²) in [5.74, 6) is -2.80. The molecule has 5 N–H and O–H groups in total. The molecule has 24 heavy (non-hydrogen) atoms. The average Bonchev–Trinajstić information content (AvgIpc) is 2.52. The predicted octanol–water partition coefficient (Wildman–Crippen LogP) is -2.23. The van der Waals surface area contributed by atoms with E-state index in [1.165, 1.54) is 6.92 Å². The third-order valence-electron chi connectivity index (χ3n) is 2.84. The van der Waals surface area contributed by atoms with Crippen LogP contribution in [0.2, 0.25) is 0 Å². The Morgan fingerprint density at radius 2 is 1.38 bits per heavy atom. The zero-order chi connectivity index (χ0) is 18.5. The van der Waals surface area contributed by atoms with Crippen molar-refractivity contribution in [2.45, 2.75) is 32.7 Å². The molecule has 0 radical (unpaired) electrons. The number of rotatable bonds is 12. The number of carbonyl (C=O) groups excluding carboxylic acids is 4. The average molecular weight is 344 g/mol. The number of carbonyl (C=O) groups is 5. The smallest absolute Gasteiger partial charge is 0.320 e. The van der Waals surface area contributed by atoms with Gasteiger partial charge < -0.3 is 26.4 Å². The van der Waals surface area contributed by atoms with Crippen molar-refractivity contribution in [2.75, 3.05) is 26.2 Å². The number of amides is 3. The minimum absolute atomic E-state index is 0.0453. The van der Waals surface area contributed by atoms with Crippen molar-refractivity contribution in [3.63, 3.8) is 0 Å². The van der Waals surface area contributed by atoms with Gasteiger partial charge in [-0.05, 0) is 19.9 Å². The second-order valence-electron chi connectivity index (χ2n) is 5.02. The lowest BCUT2D eigenvalue weighted by Gasteiger charge is -2.12. The van der Waals surface area contributed by atoms with E-state index in [4.69, 9.17) is 5.11 Å². The molecule has 0 aromatic rings. The number of carboxylic acids is 1. The number of hydrogen-bond donors (Lipinski definition) is 5. The van der Waals surface area contributed by atoms with E-state index in [2.05, 4.69) is 21.3 Å². The first-order valence-corrected chi connectivity index (χ1v) is 7.52. The second kappa shape index (κ2) is 12.0. The highest BCUT2D eigenvalue weighted by atomic mass is 16.4. The molecule has 0 bridgehead atoms. The van der Waals surface area contributed by atoms with Gasteiger partial charge in [0.2, 0.25) is 17.7 Å². The summed E-state index contributed by atoms with van der Waals surface area (Å²) in [5, 5.41) is 18.6. The third-order valence-corrected chi connectivity index (χ3v) is 2.84. The van der Waals surface area contributed by atoms with Gasteiger partial charge in [0.1, 0.15) is 11.8 Å². The van der Waals surface area contributed by atoms with E-state index in [9.17, 15) is 24.0 Å². The van der Waals surface area contributed by atoms with E-state index in [1.807, 2.05) is 0 Å². The molecule has 0 heterocycles. The van der Waals surface area contributed by atoms with E-state index in [0.717, 1.165) is 0 Å². The van der Waals surface area contributed by atoms with Crippen LogP contribution in [0.5, 0.6) is 0 Å². The maximum Gasteiger partial charge on any atom is 0.320 e. The maximum atomic E-state index is 11.6. The Morgan fingerprint density at radius 3 is 1.83 bits per heavy atom. The lowest BCUT2D eigenvalue weighted by Crippen LogP contribution is -2.43. The van der Waals surface area contributed by atoms with Crippen molar-refractivity contribution in [3.05, 3.63) is 0 Å². The quantitative estimate of drug-likeness (QED) is 0.268. The summed E-state index contributed by atoms with van der Waals surface area (Å²) < 4.78 is 0. The minimum atomic E-state index is -1.04. The van der Waals surface area contributed by atoms with Gasteiger partial charge in [-0.2, -0.15) is 0 Å². The van der Waals surface area contributed by atoms with Gasteiger partial charge >= 0.3 is 5.97 Å². The van der Waals surface area contributed by atoms with Gasteiger partial charge in [-0.25, -0.2) is 0 Å². The molecule has 0 aromatic carbocycles. The van der Waals surface area contributed by atoms with E-state index < -0.39 is 29.7 Å². The van der Waals surface area contributed by atoms with Crippen LogP contribution < -0.4 is 21.3 Å². The third kappa shape index (κ3) is 11.1. The highest BCUT2D eigenvalue weighted by molar-refractivity contribution is 5.90. The summed E-state index contributed by atoms with van der Waals surface area (Å²) in [6, 6.07) is -0.820. The van der Waals surface area contributed by atoms with Gasteiger partial charge in [0, 0.05) is 6.42 Å². The SMILES string of the molecule is CCN[C@H](CCC(=O)NCC(=O)NCC(=O)NCC(C)=O)C(=O)O. The van der Waals surface area contributed by atoms with Crippen molar-refractivity contribution in [1.29, 1.82) is 0 Å². The normalized spacial score (nSPS) is 11.2. The van der Waals surface area contributed by atoms with Crippen molar-refractivity contribution in [3.8, 4) is 0 Å². The molecule has 10 nitrogen and oxygen atoms in total. The molecule has 136 valence electrons. The van der Waals surface area contributed by atoms with Crippen LogP contribution in [0.1, 0.15) is 26.7 Å². The highest BCUT2D eigenvalue weighted by Crippen LogP contribution is 1.97. The number of hydrogen-bond acceptors (Lipinski definition) is 6. The number of ketones is 1. The molecule has 0 unspecified atom stereocenters. The molecule has 0 aliphatic rings. The van der Waals surface area contributed by atoms with Crippen molar-refractivity contribution in [1.82, 2.24) is 21.3 Å². The van der Waals surface area contributed by atoms with Gasteiger partial charge in [0.15, 0.2) is 0 Å². The van der Waals surface area contributed by atoms with Crippen LogP contribution in [0, 0.1) is 0 Å². The monoisotopic (exact) mass is 344 g/mol. The molecule has 0 aliphatic heterocycles. The largest absolute Gasteiger partial charge is 0.480 e. The van der Waals surface area contributed by atoms with Crippen molar-refractivity contribution < 1.29 is 29.1 Å². The van der Waals surface area contributed by atoms with Crippen LogP contribution in [0.3, 0.4) is 0 Å². The van der Waals surface area contributed by atoms with Crippen LogP contribution in [0.4, 0.5) is 0 Å². The fourth-order valence-electron chi connectivity index (χ4n) is 1.63. The molecule has 0 saturated heterocycles. The summed E-state index contributed by atoms with van der Waals surface area (Å²) in [6.07, 6.45) is 0.0560. The Labute approximate surface area is 139 Å². The summed E-state index contributed by atoms with van der Waals surface area (Å²) in [5.41, 5.74) is 0. The zero-order valence-corrected chi connectivity index (χ0v) is 13.8. The number of Topliss-reactive ketones (excluding diaryl/α,β-unsaturated/α-hetero) is 1. The number of likely N-dealkylation sites (N-methyl/N-ethyl adjacent to an activating group) is 1. The van der Waals surface area contributed by atoms with E-state index in [-0.39, 0.29) is 38.3 Å². The Hall–Kier alpha value is -2.49. The molecule has 0 aromatic heterocycles. The van der Waals surface area contributed by atoms with Crippen LogP contribution in [-0.4, -0.2) is 66.8 Å². The maximum absolute atomic E-state index is 11.6. The minimum Gasteiger partial charge on any atom is -0.480 e. The highest BCUT2D eigenvalue weighted by Gasteiger charge is 2.17. The van der Waals surface area contributed by atoms with Crippen LogP contribution in [0.25, 0.3) is 0 Å². The fourth-order valence-corrected chi connectivity index (χ4v) is 1.63. The molecule has 0 saturated carbocycles. The first kappa shape index (κ1) is 21.5. The standard InChI is InChI=1S/C14H24N4O6/c1-3-15-10(14(23)24)4-5-11(20)17-7-13(22)18-8-12(21)16-6-9(2)19/h10,15H,3-8H2,1-2H3,(H,16,21)(H,17,20)(H,18,22)(H,23,24)/t10-/m1/s1. The number of carboxylic acid groups (broad SMARTS) is 1. The molecule has 10 heteroatoms. The Morgan fingerprint density at radius 1 is 0.875 bits per heavy atom. The number of nitrogens with one attached hydrogen (secondary N) is 4. The molecule has 0 fully saturated rings. The van der Waals surface area contributed by atoms with Gasteiger partial charge in [-0.3, -0.25) is 24.0 Å². The van der Waals surface area contributed by atoms with E-state index in [0.29, 0.717) is 6.54 Å². The topological polar surface area (TPSA) is 154 Å². The van der Waals surface area contributed by atoms with Gasteiger partial charge in [0.05, 0.1) is 19.6 Å². The van der Waals surface area contributed by atoms with Gasteiger partial charge in [-0.15, -0.1) is 0 Å². The Kier molecular flexibility index (Phi) is 10.8. The fraction of sp³-hybridized carbons (Fsp3) is 0.643. The first-order chi connectivity index (χ1) is 11.3. The van der Waals surface area contributed by atoms with Crippen LogP contribution in [-0.2, 0) is 24.0 Å². The molecular weight excluding hydrogens is 320 g/mol. The molecular formula is C14H24N4O6. The Bertz CT molecular complexity index is 480. The molecule has 0 rings (SSSR count). The van der Waals surface area contributed by atoms with Crippen LogP contribution in [0.15, 0.2) is 0 Å². The molecule has 3 amide bonds. The van der Waals surface area contributed by atoms with Crippen molar-refractivity contribution >= 4 is 29.5 Å². The molecule has 0 aliphatic carbocycles. The van der Waals surface area contributed by atoms with Gasteiger partial charge in [-0.1, -0.05) is 6.92 Å². The molecule has 1 atom stereocenters. The summed E-state index contributed by atoms with van der Waals surface area (Å²) in [4.78, 5) is 55.9. The summed E-state index contributed by atoms with van der Waals surface area (Å²) in [6.45, 7) is 2.81. The number of aliphatic carboxylic acids is 1. The predicted molar refractivity (Wildman–Crippen MR) is 84.0 cm³/mol. The lowest BCUT2D eigenvalue weighted by molar-refractivity contribution is -0.139. The summed E-state index contributed by atoms with van der Waals surface area (Å²) >= 11 is 0. The van der Waals surface area contributed by atoms with Gasteiger partial charge in [0.25, 0.3) is 0 Å². The van der Waals surface area contributed by atoms with Crippen LogP contribution >= 0.6 is 0 Å². The van der Waals surface area contributed by atoms with Crippen molar-refractivity contribution in [2.24, 2.45) is 0 Å². The van der Waals surface area contributed by atoms with E-state index >= 15 is 0 Å². The lowest BCUT2D eigenvalue weighted by atomic mass is 10.1. The Balaban J connectivity index is 3.93. The summed E-state index contributed by atoms with van der Waals surface area (Å²) in [7, 11) is 0. The molecule has 0 spiro atoms.